The maximum Gasteiger partial charge on any atom is 0.272 e. The molecule has 0 aliphatic rings. The smallest absolute Gasteiger partial charge is 0.272 e. The predicted octanol–water partition coefficient (Wildman–Crippen LogP) is -0.312. The van der Waals surface area contributed by atoms with E-state index in [0.29, 0.717) is 17.8 Å². The number of imidazole rings is 1. The molecular formula is C14H17N5O3. The van der Waals surface area contributed by atoms with E-state index in [2.05, 4.69) is 15.6 Å². The van der Waals surface area contributed by atoms with Crippen molar-refractivity contribution >= 4 is 23.4 Å². The topological polar surface area (TPSA) is 119 Å². The van der Waals surface area contributed by atoms with Crippen molar-refractivity contribution in [1.82, 2.24) is 20.0 Å². The number of nitrogens with zero attached hydrogens (tertiary/aromatic N) is 2. The molecule has 1 unspecified atom stereocenters. The lowest BCUT2D eigenvalue weighted by atomic mass is 10.2. The highest BCUT2D eigenvalue weighted by Gasteiger charge is 2.20. The van der Waals surface area contributed by atoms with E-state index in [1.54, 1.807) is 25.1 Å². The normalized spacial score (nSPS) is 11.9. The number of nitrogens with one attached hydrogen (secondary N) is 2. The fourth-order valence-corrected chi connectivity index (χ4v) is 2.04. The zero-order valence-corrected chi connectivity index (χ0v) is 12.3. The summed E-state index contributed by atoms with van der Waals surface area (Å²) >= 11 is 0. The monoisotopic (exact) mass is 303 g/mol. The average Bonchev–Trinajstić information content (AvgIpc) is 2.95. The Labute approximate surface area is 126 Å². The fraction of sp³-hybridized carbons (Fsp3) is 0.286. The molecule has 0 fully saturated rings. The molecule has 0 saturated carbocycles. The van der Waals surface area contributed by atoms with Gasteiger partial charge in [0.2, 0.25) is 5.91 Å². The van der Waals surface area contributed by atoms with E-state index in [-0.39, 0.29) is 11.6 Å². The van der Waals surface area contributed by atoms with E-state index in [4.69, 9.17) is 5.73 Å². The summed E-state index contributed by atoms with van der Waals surface area (Å²) < 4.78 is 1.51. The summed E-state index contributed by atoms with van der Waals surface area (Å²) in [7, 11) is 1.52. The Morgan fingerprint density at radius 2 is 2.05 bits per heavy atom. The molecule has 0 aliphatic heterocycles. The third-order valence-electron chi connectivity index (χ3n) is 3.24. The van der Waals surface area contributed by atoms with Gasteiger partial charge in [-0.05, 0) is 18.6 Å². The highest BCUT2D eigenvalue weighted by Crippen LogP contribution is 2.10. The molecule has 2 rings (SSSR count). The van der Waals surface area contributed by atoms with Crippen molar-refractivity contribution in [1.29, 1.82) is 0 Å². The van der Waals surface area contributed by atoms with Crippen LogP contribution in [-0.4, -0.2) is 40.2 Å². The molecule has 2 aromatic heterocycles. The van der Waals surface area contributed by atoms with Crippen molar-refractivity contribution in [3.63, 3.8) is 0 Å². The van der Waals surface area contributed by atoms with Gasteiger partial charge in [-0.3, -0.25) is 18.8 Å². The summed E-state index contributed by atoms with van der Waals surface area (Å²) in [4.78, 5) is 39.3. The maximum absolute atomic E-state index is 12.1. The van der Waals surface area contributed by atoms with Crippen LogP contribution in [0, 0.1) is 0 Å². The molecule has 0 radical (unpaired) electrons. The molecule has 0 aromatic carbocycles. The van der Waals surface area contributed by atoms with Crippen molar-refractivity contribution in [2.24, 2.45) is 5.73 Å². The van der Waals surface area contributed by atoms with Crippen LogP contribution >= 0.6 is 0 Å². The molecule has 3 amide bonds. The van der Waals surface area contributed by atoms with Gasteiger partial charge < -0.3 is 16.4 Å². The number of hydrogen-bond donors (Lipinski definition) is 3. The first-order valence-electron chi connectivity index (χ1n) is 6.78. The van der Waals surface area contributed by atoms with Gasteiger partial charge in [0.1, 0.15) is 23.1 Å². The van der Waals surface area contributed by atoms with Gasteiger partial charge >= 0.3 is 0 Å². The molecule has 2 aromatic rings. The van der Waals surface area contributed by atoms with Crippen molar-refractivity contribution in [3.8, 4) is 0 Å². The number of aromatic nitrogens is 2. The van der Waals surface area contributed by atoms with Crippen LogP contribution in [0.5, 0.6) is 0 Å². The summed E-state index contributed by atoms with van der Waals surface area (Å²) in [6.45, 7) is 1.74. The van der Waals surface area contributed by atoms with Crippen LogP contribution in [0.15, 0.2) is 24.4 Å². The molecule has 8 nitrogen and oxygen atoms in total. The summed E-state index contributed by atoms with van der Waals surface area (Å²) in [6, 6.07) is 4.21. The first-order chi connectivity index (χ1) is 10.5. The SMILES string of the molecule is CCC(NC(=O)c1cn2c(C(=O)NC)cccc2n1)C(N)=O. The molecular weight excluding hydrogens is 286 g/mol. The zero-order chi connectivity index (χ0) is 16.3. The average molecular weight is 303 g/mol. The van der Waals surface area contributed by atoms with Gasteiger partial charge in [0.25, 0.3) is 11.8 Å². The molecule has 2 heterocycles. The lowest BCUT2D eigenvalue weighted by molar-refractivity contribution is -0.119. The highest BCUT2D eigenvalue weighted by atomic mass is 16.2. The number of pyridine rings is 1. The van der Waals surface area contributed by atoms with Crippen LogP contribution in [0.4, 0.5) is 0 Å². The Balaban J connectivity index is 2.35. The summed E-state index contributed by atoms with van der Waals surface area (Å²) in [5, 5.41) is 5.04. The standard InChI is InChI=1S/C14H17N5O3/c1-3-8(12(15)20)18-13(21)9-7-19-10(14(22)16-2)5-4-6-11(19)17-9/h4-8H,3H2,1-2H3,(H2,15,20)(H,16,22)(H,18,21). The van der Waals surface area contributed by atoms with Crippen molar-refractivity contribution < 1.29 is 14.4 Å². The summed E-state index contributed by atoms with van der Waals surface area (Å²) in [6.07, 6.45) is 1.83. The van der Waals surface area contributed by atoms with Crippen LogP contribution in [0.25, 0.3) is 5.65 Å². The Kier molecular flexibility index (Phi) is 4.40. The number of hydrogen-bond acceptors (Lipinski definition) is 4. The van der Waals surface area contributed by atoms with Gasteiger partial charge in [-0.25, -0.2) is 4.98 Å². The van der Waals surface area contributed by atoms with Gasteiger partial charge in [0.05, 0.1) is 0 Å². The van der Waals surface area contributed by atoms with Crippen molar-refractivity contribution in [3.05, 3.63) is 35.8 Å². The van der Waals surface area contributed by atoms with Gasteiger partial charge in [-0.15, -0.1) is 0 Å². The lowest BCUT2D eigenvalue weighted by Crippen LogP contribution is -2.44. The number of nitrogens with two attached hydrogens (primary N) is 1. The largest absolute Gasteiger partial charge is 0.368 e. The molecule has 0 saturated heterocycles. The molecule has 0 aliphatic carbocycles. The first kappa shape index (κ1) is 15.5. The number of amides is 3. The van der Waals surface area contributed by atoms with Crippen molar-refractivity contribution in [2.45, 2.75) is 19.4 Å². The Morgan fingerprint density at radius 1 is 1.32 bits per heavy atom. The van der Waals surface area contributed by atoms with Gasteiger partial charge in [0, 0.05) is 13.2 Å². The van der Waals surface area contributed by atoms with Crippen LogP contribution in [0.2, 0.25) is 0 Å². The van der Waals surface area contributed by atoms with E-state index < -0.39 is 17.9 Å². The quantitative estimate of drug-likeness (QED) is 0.701. The molecule has 1 atom stereocenters. The van der Waals surface area contributed by atoms with Gasteiger partial charge in [-0.2, -0.15) is 0 Å². The van der Waals surface area contributed by atoms with Gasteiger partial charge in [0.15, 0.2) is 0 Å². The lowest BCUT2D eigenvalue weighted by Gasteiger charge is -2.11. The van der Waals surface area contributed by atoms with E-state index in [1.807, 2.05) is 0 Å². The summed E-state index contributed by atoms with van der Waals surface area (Å²) in [5.74, 6) is -1.42. The van der Waals surface area contributed by atoms with Crippen LogP contribution in [0.3, 0.4) is 0 Å². The van der Waals surface area contributed by atoms with E-state index in [1.165, 1.54) is 17.6 Å². The second-order valence-electron chi connectivity index (χ2n) is 4.68. The zero-order valence-electron chi connectivity index (χ0n) is 12.3. The summed E-state index contributed by atoms with van der Waals surface area (Å²) in [5.41, 5.74) is 6.12. The van der Waals surface area contributed by atoms with E-state index in [9.17, 15) is 14.4 Å². The Hall–Kier alpha value is -2.90. The minimum atomic E-state index is -0.754. The molecule has 0 spiro atoms. The molecule has 0 bridgehead atoms. The van der Waals surface area contributed by atoms with Gasteiger partial charge in [-0.1, -0.05) is 13.0 Å². The third kappa shape index (κ3) is 2.90. The Morgan fingerprint density at radius 3 is 2.64 bits per heavy atom. The number of carbonyl (C=O) groups is 3. The van der Waals surface area contributed by atoms with Crippen LogP contribution in [-0.2, 0) is 4.79 Å². The van der Waals surface area contributed by atoms with E-state index in [0.717, 1.165) is 0 Å². The number of rotatable bonds is 5. The second kappa shape index (κ2) is 6.25. The molecule has 4 N–H and O–H groups in total. The predicted molar refractivity (Wildman–Crippen MR) is 79.3 cm³/mol. The van der Waals surface area contributed by atoms with Crippen LogP contribution in [0.1, 0.15) is 34.3 Å². The Bertz CT molecular complexity index is 737. The second-order valence-corrected chi connectivity index (χ2v) is 4.68. The fourth-order valence-electron chi connectivity index (χ4n) is 2.04. The maximum atomic E-state index is 12.1. The molecule has 8 heteroatoms. The van der Waals surface area contributed by atoms with Crippen LogP contribution < -0.4 is 16.4 Å². The number of fused-ring (bicyclic) bond motifs is 1. The minimum absolute atomic E-state index is 0.107. The van der Waals surface area contributed by atoms with Crippen molar-refractivity contribution in [2.75, 3.05) is 7.05 Å². The molecule has 22 heavy (non-hydrogen) atoms. The number of carbonyl (C=O) groups excluding carboxylic acids is 3. The number of primary amides is 1. The molecule has 116 valence electrons. The minimum Gasteiger partial charge on any atom is -0.368 e. The van der Waals surface area contributed by atoms with E-state index >= 15 is 0 Å². The first-order valence-corrected chi connectivity index (χ1v) is 6.78. The third-order valence-corrected chi connectivity index (χ3v) is 3.24. The highest BCUT2D eigenvalue weighted by molar-refractivity contribution is 5.97.